The molecule has 0 fully saturated rings. The molecule has 0 saturated heterocycles. The summed E-state index contributed by atoms with van der Waals surface area (Å²) in [6, 6.07) is 37.9. The van der Waals surface area contributed by atoms with Crippen LogP contribution >= 0.6 is 0 Å². The van der Waals surface area contributed by atoms with Crippen LogP contribution in [0.25, 0.3) is 22.1 Å². The fraction of sp³-hybridized carbons (Fsp3) is 0.154. The van der Waals surface area contributed by atoms with Crippen molar-refractivity contribution in [2.45, 2.75) is 38.9 Å². The van der Waals surface area contributed by atoms with Crippen molar-refractivity contribution < 1.29 is 4.42 Å². The van der Waals surface area contributed by atoms with E-state index in [1.54, 1.807) is 13.2 Å². The van der Waals surface area contributed by atoms with E-state index in [-0.39, 0.29) is 5.43 Å². The molecular formula is C39H33NO2Si. The summed E-state index contributed by atoms with van der Waals surface area (Å²) in [5.74, 6) is 0. The largest absolute Gasteiger partial charge is 0.464 e. The summed E-state index contributed by atoms with van der Waals surface area (Å²) in [4.78, 5) is 15.3. The Hall–Kier alpha value is -4.67. The number of benzene rings is 5. The average molecular weight is 576 g/mol. The second-order valence-electron chi connectivity index (χ2n) is 13.1. The Balaban J connectivity index is 1.52. The van der Waals surface area contributed by atoms with Gasteiger partial charge in [0.2, 0.25) is 0 Å². The van der Waals surface area contributed by atoms with E-state index in [1.165, 1.54) is 44.1 Å². The number of fused-ring (bicyclic) bond motifs is 10. The maximum absolute atomic E-state index is 12.9. The van der Waals surface area contributed by atoms with Gasteiger partial charge in [0.1, 0.15) is 5.58 Å². The second-order valence-corrected chi connectivity index (χ2v) is 18.2. The molecule has 5 aromatic carbocycles. The number of nitrogens with zero attached hydrogens (tertiary/aromatic N) is 1. The predicted molar refractivity (Wildman–Crippen MR) is 180 cm³/mol. The highest BCUT2D eigenvalue weighted by Gasteiger charge is 2.52. The Morgan fingerprint density at radius 3 is 1.98 bits per heavy atom. The zero-order valence-corrected chi connectivity index (χ0v) is 26.2. The van der Waals surface area contributed by atoms with Crippen molar-refractivity contribution in [2.24, 2.45) is 0 Å². The molecule has 43 heavy (non-hydrogen) atoms. The summed E-state index contributed by atoms with van der Waals surface area (Å²) in [6.45, 7) is 11.2. The molecule has 2 heterocycles. The summed E-state index contributed by atoms with van der Waals surface area (Å²) >= 11 is 0. The fourth-order valence-corrected chi connectivity index (χ4v) is 8.53. The van der Waals surface area contributed by atoms with E-state index in [2.05, 4.69) is 122 Å². The number of anilines is 3. The van der Waals surface area contributed by atoms with Crippen LogP contribution in [0.1, 0.15) is 33.4 Å². The van der Waals surface area contributed by atoms with Crippen LogP contribution < -0.4 is 15.5 Å². The zero-order valence-electron chi connectivity index (χ0n) is 25.2. The van der Waals surface area contributed by atoms with E-state index >= 15 is 0 Å². The lowest BCUT2D eigenvalue weighted by Crippen LogP contribution is -2.42. The van der Waals surface area contributed by atoms with E-state index < -0.39 is 13.5 Å². The van der Waals surface area contributed by atoms with Gasteiger partial charge in [-0.15, -0.1) is 0 Å². The molecule has 3 nitrogen and oxygen atoms in total. The molecule has 1 spiro atoms. The number of aryl methyl sites for hydroxylation is 2. The Morgan fingerprint density at radius 2 is 1.30 bits per heavy atom. The topological polar surface area (TPSA) is 33.5 Å². The van der Waals surface area contributed by atoms with Gasteiger partial charge in [0.15, 0.2) is 5.43 Å². The zero-order chi connectivity index (χ0) is 29.7. The summed E-state index contributed by atoms with van der Waals surface area (Å²) in [6.07, 6.45) is 1.57. The van der Waals surface area contributed by atoms with Crippen LogP contribution in [0.2, 0.25) is 19.6 Å². The smallest absolute Gasteiger partial charge is 0.195 e. The highest BCUT2D eigenvalue weighted by molar-refractivity contribution is 6.88. The van der Waals surface area contributed by atoms with Crippen molar-refractivity contribution >= 4 is 41.3 Å². The first-order valence-electron chi connectivity index (χ1n) is 15.0. The summed E-state index contributed by atoms with van der Waals surface area (Å²) < 4.78 is 5.98. The lowest BCUT2D eigenvalue weighted by molar-refractivity contribution is 0.597. The maximum Gasteiger partial charge on any atom is 0.195 e. The number of hydrogen-bond donors (Lipinski definition) is 0. The van der Waals surface area contributed by atoms with Gasteiger partial charge in [-0.1, -0.05) is 103 Å². The van der Waals surface area contributed by atoms with E-state index in [4.69, 9.17) is 4.42 Å². The average Bonchev–Trinajstić information content (AvgIpc) is 3.30. The van der Waals surface area contributed by atoms with E-state index in [0.717, 1.165) is 17.1 Å². The Kier molecular flexibility index (Phi) is 5.39. The third-order valence-electron chi connectivity index (χ3n) is 9.45. The van der Waals surface area contributed by atoms with Gasteiger partial charge in [0.05, 0.1) is 36.5 Å². The molecule has 2 aliphatic rings. The van der Waals surface area contributed by atoms with Crippen LogP contribution in [0.3, 0.4) is 0 Å². The first kappa shape index (κ1) is 26.0. The maximum atomic E-state index is 12.9. The number of rotatable bonds is 2. The van der Waals surface area contributed by atoms with Gasteiger partial charge in [0.25, 0.3) is 0 Å². The molecule has 0 amide bonds. The third kappa shape index (κ3) is 3.50. The molecule has 6 aromatic rings. The summed E-state index contributed by atoms with van der Waals surface area (Å²) in [5.41, 5.74) is 13.1. The lowest BCUT2D eigenvalue weighted by Gasteiger charge is -2.45. The lowest BCUT2D eigenvalue weighted by atomic mass is 9.64. The molecule has 0 N–H and O–H groups in total. The number of hydrogen-bond acceptors (Lipinski definition) is 3. The molecule has 1 aromatic heterocycles. The van der Waals surface area contributed by atoms with Gasteiger partial charge in [-0.3, -0.25) is 4.79 Å². The van der Waals surface area contributed by atoms with Crippen LogP contribution in [0.5, 0.6) is 0 Å². The first-order valence-corrected chi connectivity index (χ1v) is 18.5. The highest BCUT2D eigenvalue weighted by atomic mass is 28.3. The van der Waals surface area contributed by atoms with Crippen molar-refractivity contribution in [2.75, 3.05) is 4.90 Å². The minimum Gasteiger partial charge on any atom is -0.464 e. The van der Waals surface area contributed by atoms with Gasteiger partial charge >= 0.3 is 0 Å². The molecule has 4 heteroatoms. The quantitative estimate of drug-likeness (QED) is 0.193. The van der Waals surface area contributed by atoms with Crippen molar-refractivity contribution in [3.8, 4) is 11.1 Å². The van der Waals surface area contributed by atoms with Gasteiger partial charge in [0, 0.05) is 17.3 Å². The van der Waals surface area contributed by atoms with E-state index in [9.17, 15) is 4.79 Å². The molecule has 0 unspecified atom stereocenters. The normalized spacial score (nSPS) is 14.4. The van der Waals surface area contributed by atoms with E-state index in [1.807, 2.05) is 12.1 Å². The van der Waals surface area contributed by atoms with Crippen LogP contribution in [0, 0.1) is 13.8 Å². The van der Waals surface area contributed by atoms with Crippen molar-refractivity contribution in [1.82, 2.24) is 0 Å². The van der Waals surface area contributed by atoms with E-state index in [0.29, 0.717) is 16.5 Å². The minimum absolute atomic E-state index is 0.0146. The molecule has 1 aliphatic carbocycles. The van der Waals surface area contributed by atoms with Crippen LogP contribution in [0.15, 0.2) is 119 Å². The molecule has 0 radical (unpaired) electrons. The summed E-state index contributed by atoms with van der Waals surface area (Å²) in [7, 11) is -1.66. The Morgan fingerprint density at radius 1 is 0.674 bits per heavy atom. The fourth-order valence-electron chi connectivity index (χ4n) is 7.36. The molecular weight excluding hydrogens is 543 g/mol. The van der Waals surface area contributed by atoms with Gasteiger partial charge < -0.3 is 9.32 Å². The Labute approximate surface area is 253 Å². The van der Waals surface area contributed by atoms with Gasteiger partial charge in [-0.2, -0.15) is 0 Å². The van der Waals surface area contributed by atoms with Crippen molar-refractivity contribution in [3.63, 3.8) is 0 Å². The van der Waals surface area contributed by atoms with Gasteiger partial charge in [-0.25, -0.2) is 0 Å². The molecule has 0 saturated carbocycles. The van der Waals surface area contributed by atoms with Crippen molar-refractivity contribution in [1.29, 1.82) is 0 Å². The molecule has 210 valence electrons. The van der Waals surface area contributed by atoms with Crippen LogP contribution in [-0.4, -0.2) is 8.07 Å². The minimum atomic E-state index is -1.66. The summed E-state index contributed by atoms with van der Waals surface area (Å²) in [5, 5.41) is 2.04. The molecule has 0 bridgehead atoms. The molecule has 1 aliphatic heterocycles. The third-order valence-corrected chi connectivity index (χ3v) is 11.5. The van der Waals surface area contributed by atoms with Gasteiger partial charge in [-0.05, 0) is 71.5 Å². The van der Waals surface area contributed by atoms with Crippen LogP contribution in [0.4, 0.5) is 17.1 Å². The standard InChI is InChI=1S/C39H33NO2Si/c1-24-14-18-35-33(20-24)39(31-12-8-6-10-28(31)29-11-7-9-13-32(29)39)34-22-27(43(3,4)5)16-19-36(34)40(35)26-15-17-30-37(21-26)42-23-25(2)38(30)41/h6-23H,1-5H3. The predicted octanol–water partition coefficient (Wildman–Crippen LogP) is 9.10. The first-order chi connectivity index (χ1) is 20.7. The SMILES string of the molecule is Cc1ccc2c(c1)C1(c3ccccc3-c3ccccc31)c1cc([Si](C)(C)C)ccc1N2c1ccc2c(=O)c(C)coc2c1. The van der Waals surface area contributed by atoms with Crippen LogP contribution in [-0.2, 0) is 5.41 Å². The molecule has 0 atom stereocenters. The highest BCUT2D eigenvalue weighted by Crippen LogP contribution is 2.63. The second kappa shape index (κ2) is 8.92. The van der Waals surface area contributed by atoms with Crippen molar-refractivity contribution in [3.05, 3.63) is 153 Å². The monoisotopic (exact) mass is 575 g/mol. The Bertz CT molecular complexity index is 2140. The molecule has 8 rings (SSSR count).